The van der Waals surface area contributed by atoms with Crippen molar-refractivity contribution in [3.05, 3.63) is 29.1 Å². The van der Waals surface area contributed by atoms with Crippen LogP contribution in [0.4, 0.5) is 10.1 Å². The summed E-state index contributed by atoms with van der Waals surface area (Å²) in [5.74, 6) is -0.756. The molecule has 1 aromatic carbocycles. The molecule has 2 N–H and O–H groups in total. The van der Waals surface area contributed by atoms with Gasteiger partial charge in [0.25, 0.3) is 0 Å². The van der Waals surface area contributed by atoms with Crippen LogP contribution < -0.4 is 5.32 Å². The number of nitrogens with one attached hydrogen (secondary N) is 2. The maximum absolute atomic E-state index is 13.5. The normalized spacial score (nSPS) is 8.42. The van der Waals surface area contributed by atoms with E-state index < -0.39 is 5.82 Å². The van der Waals surface area contributed by atoms with Gasteiger partial charge in [-0.05, 0) is 31.5 Å². The molecule has 0 saturated heterocycles. The molecule has 0 bridgehead atoms. The molecule has 1 aromatic rings. The fourth-order valence-electron chi connectivity index (χ4n) is 1.41. The summed E-state index contributed by atoms with van der Waals surface area (Å²) in [6.07, 6.45) is 0. The maximum Gasteiger partial charge on any atom is 0.221 e. The van der Waals surface area contributed by atoms with E-state index in [0.29, 0.717) is 11.3 Å². The molecule has 19 heavy (non-hydrogen) atoms. The third-order valence-corrected chi connectivity index (χ3v) is 1.92. The average Bonchev–Trinajstić information content (AvgIpc) is 2.31. The Hall–Kier alpha value is -1.71. The highest BCUT2D eigenvalue weighted by Crippen LogP contribution is 2.21. The maximum atomic E-state index is 13.5. The van der Waals surface area contributed by atoms with E-state index in [9.17, 15) is 9.18 Å². The number of hydrogen-bond donors (Lipinski definition) is 2. The van der Waals surface area contributed by atoms with Crippen molar-refractivity contribution < 1.29 is 9.18 Å². The predicted octanol–water partition coefficient (Wildman–Crippen LogP) is 4.53. The first-order valence-corrected chi connectivity index (χ1v) is 6.55. The largest absolute Gasteiger partial charge is 0.326 e. The zero-order valence-corrected chi connectivity index (χ0v) is 12.9. The van der Waals surface area contributed by atoms with Crippen molar-refractivity contribution in [3.63, 3.8) is 0 Å². The highest BCUT2D eigenvalue weighted by atomic mass is 19.1. The number of halogens is 1. The van der Waals surface area contributed by atoms with Crippen molar-refractivity contribution in [2.45, 2.75) is 48.5 Å². The molecule has 0 atom stereocenters. The summed E-state index contributed by atoms with van der Waals surface area (Å²) in [4.78, 5) is 10.9. The van der Waals surface area contributed by atoms with E-state index in [4.69, 9.17) is 5.41 Å². The highest BCUT2D eigenvalue weighted by Gasteiger charge is 2.12. The second-order valence-corrected chi connectivity index (χ2v) is 3.48. The summed E-state index contributed by atoms with van der Waals surface area (Å²) in [6.45, 7) is 12.6. The number of anilines is 1. The van der Waals surface area contributed by atoms with Gasteiger partial charge < -0.3 is 10.7 Å². The van der Waals surface area contributed by atoms with Crippen molar-refractivity contribution in [2.75, 3.05) is 5.32 Å². The fourth-order valence-corrected chi connectivity index (χ4v) is 1.41. The molecule has 0 radical (unpaired) electrons. The number of carbonyl (C=O) groups is 1. The van der Waals surface area contributed by atoms with Gasteiger partial charge in [0.05, 0.1) is 11.3 Å². The van der Waals surface area contributed by atoms with Gasteiger partial charge >= 0.3 is 0 Å². The molecular formula is C15H25FN2O. The van der Waals surface area contributed by atoms with Gasteiger partial charge in [-0.2, -0.15) is 0 Å². The van der Waals surface area contributed by atoms with Gasteiger partial charge in [-0.1, -0.05) is 27.7 Å². The second kappa shape index (κ2) is 10.2. The fraction of sp³-hybridized carbons (Fsp3) is 0.467. The Morgan fingerprint density at radius 2 is 1.63 bits per heavy atom. The Labute approximate surface area is 115 Å². The molecule has 1 rings (SSSR count). The van der Waals surface area contributed by atoms with Crippen LogP contribution in [0.5, 0.6) is 0 Å². The van der Waals surface area contributed by atoms with Gasteiger partial charge in [0.2, 0.25) is 5.91 Å². The summed E-state index contributed by atoms with van der Waals surface area (Å²) in [5, 5.41) is 9.96. The minimum Gasteiger partial charge on any atom is -0.326 e. The number of amides is 1. The van der Waals surface area contributed by atoms with Crippen LogP contribution in [0.15, 0.2) is 12.1 Å². The smallest absolute Gasteiger partial charge is 0.221 e. The van der Waals surface area contributed by atoms with Crippen molar-refractivity contribution in [1.82, 2.24) is 0 Å². The summed E-state index contributed by atoms with van der Waals surface area (Å²) in [7, 11) is 0. The molecule has 0 aliphatic rings. The molecule has 0 aromatic heterocycles. The van der Waals surface area contributed by atoms with Crippen LogP contribution in [0.1, 0.15) is 52.7 Å². The van der Waals surface area contributed by atoms with Crippen LogP contribution in [0.2, 0.25) is 0 Å². The summed E-state index contributed by atoms with van der Waals surface area (Å²) in [5.41, 5.74) is 1.31. The Morgan fingerprint density at radius 1 is 1.16 bits per heavy atom. The predicted molar refractivity (Wildman–Crippen MR) is 80.6 cm³/mol. The minimum atomic E-state index is -0.480. The van der Waals surface area contributed by atoms with Crippen LogP contribution in [-0.4, -0.2) is 11.6 Å². The Balaban J connectivity index is 0. The first-order valence-electron chi connectivity index (χ1n) is 6.55. The van der Waals surface area contributed by atoms with E-state index in [2.05, 4.69) is 5.32 Å². The summed E-state index contributed by atoms with van der Waals surface area (Å²) in [6, 6.07) is 3.00. The van der Waals surface area contributed by atoms with Gasteiger partial charge in [0.15, 0.2) is 0 Å². The molecule has 3 nitrogen and oxygen atoms in total. The lowest BCUT2D eigenvalue weighted by Gasteiger charge is -2.11. The van der Waals surface area contributed by atoms with Gasteiger partial charge in [0.1, 0.15) is 5.82 Å². The molecule has 0 unspecified atom stereocenters. The van der Waals surface area contributed by atoms with Gasteiger partial charge in [-0.15, -0.1) is 0 Å². The van der Waals surface area contributed by atoms with Crippen LogP contribution in [0.3, 0.4) is 0 Å². The first-order chi connectivity index (χ1) is 8.91. The number of carbonyl (C=O) groups excluding carboxylic acids is 1. The van der Waals surface area contributed by atoms with Crippen LogP contribution >= 0.6 is 0 Å². The SMILES string of the molecule is CC.CC.CC(=N)c1c(F)cc(C)cc1NC(C)=O. The monoisotopic (exact) mass is 268 g/mol. The molecule has 0 aliphatic heterocycles. The molecule has 0 aliphatic carbocycles. The van der Waals surface area contributed by atoms with Crippen LogP contribution in [0, 0.1) is 18.2 Å². The number of benzene rings is 1. The van der Waals surface area contributed by atoms with E-state index in [1.54, 1.807) is 13.0 Å². The lowest BCUT2D eigenvalue weighted by molar-refractivity contribution is -0.114. The molecule has 0 saturated carbocycles. The number of hydrogen-bond acceptors (Lipinski definition) is 2. The number of aryl methyl sites for hydroxylation is 1. The zero-order valence-electron chi connectivity index (χ0n) is 12.9. The Morgan fingerprint density at radius 3 is 2.00 bits per heavy atom. The van der Waals surface area contributed by atoms with Gasteiger partial charge in [0, 0.05) is 12.6 Å². The molecule has 0 heterocycles. The number of rotatable bonds is 2. The molecule has 1 amide bonds. The van der Waals surface area contributed by atoms with Crippen molar-refractivity contribution >= 4 is 17.3 Å². The van der Waals surface area contributed by atoms with Gasteiger partial charge in [-0.3, -0.25) is 4.79 Å². The topological polar surface area (TPSA) is 53.0 Å². The van der Waals surface area contributed by atoms with E-state index in [1.807, 2.05) is 27.7 Å². The average molecular weight is 268 g/mol. The standard InChI is InChI=1S/C11H13FN2O.2C2H6/c1-6-4-9(12)11(7(2)13)10(5-6)14-8(3)15;2*1-2/h4-5,13H,1-3H3,(H,14,15);2*1-2H3. The molecule has 0 spiro atoms. The lowest BCUT2D eigenvalue weighted by Crippen LogP contribution is -2.11. The second-order valence-electron chi connectivity index (χ2n) is 3.48. The zero-order chi connectivity index (χ0) is 15.6. The van der Waals surface area contributed by atoms with Crippen LogP contribution in [-0.2, 0) is 4.79 Å². The Kier molecular flexibility index (Phi) is 10.6. The van der Waals surface area contributed by atoms with E-state index in [0.717, 1.165) is 0 Å². The van der Waals surface area contributed by atoms with Crippen molar-refractivity contribution in [2.24, 2.45) is 0 Å². The molecule has 0 fully saturated rings. The third-order valence-electron chi connectivity index (χ3n) is 1.92. The lowest BCUT2D eigenvalue weighted by atomic mass is 10.1. The van der Waals surface area contributed by atoms with Crippen LogP contribution in [0.25, 0.3) is 0 Å². The van der Waals surface area contributed by atoms with Crippen molar-refractivity contribution in [1.29, 1.82) is 5.41 Å². The molecular weight excluding hydrogens is 243 g/mol. The summed E-state index contributed by atoms with van der Waals surface area (Å²) < 4.78 is 13.5. The van der Waals surface area contributed by atoms with Crippen molar-refractivity contribution in [3.8, 4) is 0 Å². The molecule has 4 heteroatoms. The summed E-state index contributed by atoms with van der Waals surface area (Å²) >= 11 is 0. The van der Waals surface area contributed by atoms with Gasteiger partial charge in [-0.25, -0.2) is 4.39 Å². The Bertz CT molecular complexity index is 428. The highest BCUT2D eigenvalue weighted by molar-refractivity contribution is 6.04. The molecule has 108 valence electrons. The van der Waals surface area contributed by atoms with E-state index in [1.165, 1.54) is 19.9 Å². The van der Waals surface area contributed by atoms with E-state index >= 15 is 0 Å². The quantitative estimate of drug-likeness (QED) is 0.760. The third kappa shape index (κ3) is 6.70. The first kappa shape index (κ1) is 19.6. The minimum absolute atomic E-state index is 0.0938. The van der Waals surface area contributed by atoms with E-state index in [-0.39, 0.29) is 17.2 Å².